The molecule has 22 heavy (non-hydrogen) atoms. The molecule has 128 valence electrons. The van der Waals surface area contributed by atoms with Gasteiger partial charge < -0.3 is 5.32 Å². The lowest BCUT2D eigenvalue weighted by atomic mass is 9.95. The van der Waals surface area contributed by atoms with E-state index in [1.807, 2.05) is 6.07 Å². The highest BCUT2D eigenvalue weighted by atomic mass is 35.5. The van der Waals surface area contributed by atoms with Crippen LogP contribution in [0.5, 0.6) is 0 Å². The smallest absolute Gasteiger partial charge is 0.0641 e. The van der Waals surface area contributed by atoms with Crippen LogP contribution in [0.15, 0.2) is 12.1 Å². The van der Waals surface area contributed by atoms with Crippen molar-refractivity contribution in [2.24, 2.45) is 5.92 Å². The Kier molecular flexibility index (Phi) is 10.7. The maximum absolute atomic E-state index is 6.43. The van der Waals surface area contributed by atoms with Crippen LogP contribution in [0.1, 0.15) is 31.9 Å². The summed E-state index contributed by atoms with van der Waals surface area (Å²) in [7, 11) is 0. The second-order valence-electron chi connectivity index (χ2n) is 5.72. The third-order valence-corrected chi connectivity index (χ3v) is 4.70. The van der Waals surface area contributed by atoms with Gasteiger partial charge in [0.1, 0.15) is 0 Å². The van der Waals surface area contributed by atoms with E-state index in [9.17, 15) is 0 Å². The van der Waals surface area contributed by atoms with Crippen LogP contribution in [0.3, 0.4) is 0 Å². The predicted octanol–water partition coefficient (Wildman–Crippen LogP) is 5.48. The molecule has 0 radical (unpaired) electrons. The fraction of sp³-hybridized carbons (Fsp3) is 0.600. The van der Waals surface area contributed by atoms with E-state index in [1.54, 1.807) is 6.07 Å². The van der Waals surface area contributed by atoms with Gasteiger partial charge in [-0.05, 0) is 30.0 Å². The monoisotopic (exact) mass is 406 g/mol. The Hall–Kier alpha value is 0.590. The number of halogens is 5. The molecule has 1 atom stereocenters. The highest BCUT2D eigenvalue weighted by Gasteiger charge is 2.26. The Balaban J connectivity index is 0.00000220. The van der Waals surface area contributed by atoms with Gasteiger partial charge in [-0.2, -0.15) is 0 Å². The first-order valence-corrected chi connectivity index (χ1v) is 8.21. The number of benzene rings is 1. The van der Waals surface area contributed by atoms with Gasteiger partial charge in [0.25, 0.3) is 0 Å². The van der Waals surface area contributed by atoms with E-state index in [0.717, 1.165) is 38.2 Å². The molecule has 1 N–H and O–H groups in total. The first kappa shape index (κ1) is 22.6. The summed E-state index contributed by atoms with van der Waals surface area (Å²) in [6.45, 7) is 8.54. The zero-order valence-electron chi connectivity index (χ0n) is 12.7. The van der Waals surface area contributed by atoms with Crippen LogP contribution >= 0.6 is 59.6 Å². The van der Waals surface area contributed by atoms with Gasteiger partial charge in [-0.1, -0.05) is 48.7 Å². The van der Waals surface area contributed by atoms with Crippen molar-refractivity contribution in [2.45, 2.75) is 26.3 Å². The maximum atomic E-state index is 6.43. The molecule has 0 bridgehead atoms. The minimum Gasteiger partial charge on any atom is -0.314 e. The Morgan fingerprint density at radius 3 is 2.23 bits per heavy atom. The Bertz CT molecular complexity index is 461. The average molecular weight is 409 g/mol. The highest BCUT2D eigenvalue weighted by Crippen LogP contribution is 2.38. The molecule has 2 nitrogen and oxygen atoms in total. The van der Waals surface area contributed by atoms with Crippen LogP contribution in [0.2, 0.25) is 15.1 Å². The van der Waals surface area contributed by atoms with Gasteiger partial charge in [-0.15, -0.1) is 24.8 Å². The summed E-state index contributed by atoms with van der Waals surface area (Å²) in [5.74, 6) is 0.587. The minimum atomic E-state index is 0. The normalized spacial score (nSPS) is 16.8. The van der Waals surface area contributed by atoms with E-state index in [0.29, 0.717) is 21.0 Å². The number of hydrogen-bond donors (Lipinski definition) is 1. The van der Waals surface area contributed by atoms with Gasteiger partial charge in [0.15, 0.2) is 0 Å². The van der Waals surface area contributed by atoms with Gasteiger partial charge in [0.05, 0.1) is 10.0 Å². The number of rotatable bonds is 4. The van der Waals surface area contributed by atoms with Gasteiger partial charge >= 0.3 is 0 Å². The van der Waals surface area contributed by atoms with Crippen LogP contribution in [0.4, 0.5) is 0 Å². The summed E-state index contributed by atoms with van der Waals surface area (Å²) in [6.07, 6.45) is 1.05. The molecule has 1 aromatic carbocycles. The van der Waals surface area contributed by atoms with Gasteiger partial charge in [0.2, 0.25) is 0 Å². The minimum absolute atomic E-state index is 0. The lowest BCUT2D eigenvalue weighted by Gasteiger charge is -2.36. The van der Waals surface area contributed by atoms with Crippen LogP contribution in [0, 0.1) is 5.92 Å². The predicted molar refractivity (Wildman–Crippen MR) is 103 cm³/mol. The second kappa shape index (κ2) is 10.5. The first-order chi connectivity index (χ1) is 9.49. The van der Waals surface area contributed by atoms with Crippen molar-refractivity contribution in [1.29, 1.82) is 0 Å². The first-order valence-electron chi connectivity index (χ1n) is 7.08. The van der Waals surface area contributed by atoms with E-state index in [4.69, 9.17) is 34.8 Å². The van der Waals surface area contributed by atoms with Crippen LogP contribution in [-0.2, 0) is 0 Å². The summed E-state index contributed by atoms with van der Waals surface area (Å²) in [5, 5.41) is 5.22. The third kappa shape index (κ3) is 5.90. The lowest BCUT2D eigenvalue weighted by Crippen LogP contribution is -2.45. The highest BCUT2D eigenvalue weighted by molar-refractivity contribution is 6.43. The van der Waals surface area contributed by atoms with E-state index < -0.39 is 0 Å². The van der Waals surface area contributed by atoms with Crippen molar-refractivity contribution >= 4 is 59.6 Å². The number of nitrogens with zero attached hydrogens (tertiary/aromatic N) is 1. The van der Waals surface area contributed by atoms with Crippen molar-refractivity contribution in [2.75, 3.05) is 26.2 Å². The van der Waals surface area contributed by atoms with E-state index in [-0.39, 0.29) is 30.9 Å². The average Bonchev–Trinajstić information content (AvgIpc) is 2.41. The van der Waals surface area contributed by atoms with Crippen molar-refractivity contribution in [3.63, 3.8) is 0 Å². The molecule has 0 aromatic heterocycles. The molecule has 0 unspecified atom stereocenters. The molecule has 2 rings (SSSR count). The Morgan fingerprint density at radius 2 is 1.68 bits per heavy atom. The molecule has 1 aliphatic heterocycles. The Labute approximate surface area is 160 Å². The lowest BCUT2D eigenvalue weighted by molar-refractivity contribution is 0.154. The molecular formula is C15H23Cl5N2. The molecule has 0 spiro atoms. The second-order valence-corrected chi connectivity index (χ2v) is 6.94. The summed E-state index contributed by atoms with van der Waals surface area (Å²) < 4.78 is 0. The largest absolute Gasteiger partial charge is 0.314 e. The molecule has 1 heterocycles. The van der Waals surface area contributed by atoms with Gasteiger partial charge in [0, 0.05) is 37.2 Å². The van der Waals surface area contributed by atoms with E-state index in [1.165, 1.54) is 0 Å². The molecule has 1 saturated heterocycles. The van der Waals surface area contributed by atoms with Crippen LogP contribution < -0.4 is 5.32 Å². The van der Waals surface area contributed by atoms with E-state index >= 15 is 0 Å². The van der Waals surface area contributed by atoms with Gasteiger partial charge in [-0.25, -0.2) is 0 Å². The molecule has 1 fully saturated rings. The maximum Gasteiger partial charge on any atom is 0.0641 e. The van der Waals surface area contributed by atoms with Crippen molar-refractivity contribution in [3.8, 4) is 0 Å². The van der Waals surface area contributed by atoms with Crippen molar-refractivity contribution in [1.82, 2.24) is 10.2 Å². The molecule has 7 heteroatoms. The molecule has 1 aromatic rings. The molecule has 1 aliphatic rings. The van der Waals surface area contributed by atoms with Gasteiger partial charge in [-0.3, -0.25) is 4.90 Å². The molecule has 0 aliphatic carbocycles. The molecule has 0 saturated carbocycles. The summed E-state index contributed by atoms with van der Waals surface area (Å²) >= 11 is 18.8. The number of hydrogen-bond acceptors (Lipinski definition) is 2. The fourth-order valence-corrected chi connectivity index (χ4v) is 3.48. The molecular weight excluding hydrogens is 385 g/mol. The van der Waals surface area contributed by atoms with Crippen LogP contribution in [-0.4, -0.2) is 31.1 Å². The molecule has 0 amide bonds. The SMILES string of the molecule is CC(C)C[C@H](c1cc(Cl)cc(Cl)c1Cl)N1CCNCC1.Cl.Cl. The number of piperazine rings is 1. The fourth-order valence-electron chi connectivity index (χ4n) is 2.73. The zero-order valence-corrected chi connectivity index (χ0v) is 16.6. The summed E-state index contributed by atoms with van der Waals surface area (Å²) in [4.78, 5) is 2.48. The summed E-state index contributed by atoms with van der Waals surface area (Å²) in [6, 6.07) is 3.95. The zero-order chi connectivity index (χ0) is 14.7. The third-order valence-electron chi connectivity index (χ3n) is 3.67. The summed E-state index contributed by atoms with van der Waals surface area (Å²) in [5.41, 5.74) is 1.06. The van der Waals surface area contributed by atoms with Crippen molar-refractivity contribution in [3.05, 3.63) is 32.8 Å². The van der Waals surface area contributed by atoms with E-state index in [2.05, 4.69) is 24.1 Å². The Morgan fingerprint density at radius 1 is 1.09 bits per heavy atom. The van der Waals surface area contributed by atoms with Crippen molar-refractivity contribution < 1.29 is 0 Å². The number of nitrogens with one attached hydrogen (secondary N) is 1. The topological polar surface area (TPSA) is 15.3 Å². The quantitative estimate of drug-likeness (QED) is 0.664. The van der Waals surface area contributed by atoms with Crippen LogP contribution in [0.25, 0.3) is 0 Å². The standard InChI is InChI=1S/C15H21Cl3N2.2ClH/c1-10(2)7-14(20-5-3-19-4-6-20)12-8-11(16)9-13(17)15(12)18;;/h8-10,14,19H,3-7H2,1-2H3;2*1H/t14-;;/m1../s1.